The Morgan fingerprint density at radius 2 is 1.87 bits per heavy atom. The van der Waals surface area contributed by atoms with E-state index < -0.39 is 0 Å². The van der Waals surface area contributed by atoms with Crippen molar-refractivity contribution in [2.45, 2.75) is 44.1 Å². The van der Waals surface area contributed by atoms with E-state index in [0.29, 0.717) is 0 Å². The lowest BCUT2D eigenvalue weighted by molar-refractivity contribution is 0.164. The summed E-state index contributed by atoms with van der Waals surface area (Å²) in [5.74, 6) is 1.09. The number of hydrogen-bond donors (Lipinski definition) is 1. The van der Waals surface area contributed by atoms with Crippen LogP contribution in [-0.4, -0.2) is 10.9 Å². The summed E-state index contributed by atoms with van der Waals surface area (Å²) in [6.07, 6.45) is 2.81. The van der Waals surface area contributed by atoms with Gasteiger partial charge in [0.1, 0.15) is 0 Å². The third kappa shape index (κ3) is 4.27. The molecule has 1 aromatic rings. The third-order valence-electron chi connectivity index (χ3n) is 2.41. The van der Waals surface area contributed by atoms with Gasteiger partial charge < -0.3 is 5.11 Å². The lowest BCUT2D eigenvalue weighted by Crippen LogP contribution is -1.96. The highest BCUT2D eigenvalue weighted by molar-refractivity contribution is 7.99. The smallest absolute Gasteiger partial charge is 0.0790 e. The van der Waals surface area contributed by atoms with E-state index in [1.807, 2.05) is 23.9 Å². The van der Waals surface area contributed by atoms with E-state index in [-0.39, 0.29) is 6.10 Å². The highest BCUT2D eigenvalue weighted by Crippen LogP contribution is 2.23. The zero-order valence-corrected chi connectivity index (χ0v) is 10.4. The first kappa shape index (κ1) is 12.6. The molecular weight excluding hydrogens is 204 g/mol. The summed E-state index contributed by atoms with van der Waals surface area (Å²) < 4.78 is 0. The molecule has 0 spiro atoms. The Balaban J connectivity index is 2.54. The van der Waals surface area contributed by atoms with Crippen LogP contribution in [0.15, 0.2) is 29.2 Å². The molecule has 0 saturated carbocycles. The number of aliphatic hydroxyl groups excluding tert-OH is 1. The summed E-state index contributed by atoms with van der Waals surface area (Å²) in [4.78, 5) is 1.28. The van der Waals surface area contributed by atoms with E-state index >= 15 is 0 Å². The minimum Gasteiger partial charge on any atom is -0.388 e. The molecule has 1 N–H and O–H groups in total. The Bertz CT molecular complexity index is 268. The highest BCUT2D eigenvalue weighted by Gasteiger charge is 2.06. The molecule has 0 bridgehead atoms. The Hall–Kier alpha value is -0.470. The van der Waals surface area contributed by atoms with Crippen LogP contribution < -0.4 is 0 Å². The molecule has 0 aliphatic rings. The predicted octanol–water partition coefficient (Wildman–Crippen LogP) is 4.02. The first-order valence-corrected chi connectivity index (χ1v) is 6.67. The standard InChI is InChI=1S/C13H20OS/c1-3-5-6-13(14)11-7-9-12(10-8-11)15-4-2/h7-10,13-14H,3-6H2,1-2H3. The van der Waals surface area contributed by atoms with E-state index in [1.165, 1.54) is 4.90 Å². The van der Waals surface area contributed by atoms with Gasteiger partial charge in [-0.2, -0.15) is 0 Å². The maximum Gasteiger partial charge on any atom is 0.0790 e. The van der Waals surface area contributed by atoms with Crippen molar-refractivity contribution in [3.05, 3.63) is 29.8 Å². The van der Waals surface area contributed by atoms with E-state index in [4.69, 9.17) is 0 Å². The van der Waals surface area contributed by atoms with Gasteiger partial charge in [0.2, 0.25) is 0 Å². The Morgan fingerprint density at radius 3 is 2.40 bits per heavy atom. The van der Waals surface area contributed by atoms with Crippen molar-refractivity contribution in [1.82, 2.24) is 0 Å². The van der Waals surface area contributed by atoms with Crippen molar-refractivity contribution in [3.63, 3.8) is 0 Å². The molecule has 1 atom stereocenters. The van der Waals surface area contributed by atoms with Gasteiger partial charge in [0, 0.05) is 4.90 Å². The Kier molecular flexibility index (Phi) is 5.81. The van der Waals surface area contributed by atoms with Crippen LogP contribution in [0.1, 0.15) is 44.8 Å². The van der Waals surface area contributed by atoms with Crippen molar-refractivity contribution in [3.8, 4) is 0 Å². The van der Waals surface area contributed by atoms with Crippen molar-refractivity contribution in [2.24, 2.45) is 0 Å². The van der Waals surface area contributed by atoms with Gasteiger partial charge in [0.25, 0.3) is 0 Å². The van der Waals surface area contributed by atoms with Crippen LogP contribution >= 0.6 is 11.8 Å². The largest absolute Gasteiger partial charge is 0.388 e. The van der Waals surface area contributed by atoms with Crippen LogP contribution in [0, 0.1) is 0 Å². The molecule has 15 heavy (non-hydrogen) atoms. The molecule has 0 amide bonds. The van der Waals surface area contributed by atoms with Crippen molar-refractivity contribution >= 4 is 11.8 Å². The number of aliphatic hydroxyl groups is 1. The molecule has 0 aliphatic carbocycles. The summed E-state index contributed by atoms with van der Waals surface area (Å²) in [5.41, 5.74) is 1.05. The summed E-state index contributed by atoms with van der Waals surface area (Å²) in [7, 11) is 0. The molecule has 0 radical (unpaired) electrons. The lowest BCUT2D eigenvalue weighted by Gasteiger charge is -2.10. The maximum atomic E-state index is 9.87. The van der Waals surface area contributed by atoms with Gasteiger partial charge in [0.05, 0.1) is 6.10 Å². The summed E-state index contributed by atoms with van der Waals surface area (Å²) in [5, 5.41) is 9.87. The topological polar surface area (TPSA) is 20.2 Å². The molecule has 1 aromatic carbocycles. The predicted molar refractivity (Wildman–Crippen MR) is 67.3 cm³/mol. The van der Waals surface area contributed by atoms with E-state index in [0.717, 1.165) is 30.6 Å². The quantitative estimate of drug-likeness (QED) is 0.736. The Morgan fingerprint density at radius 1 is 1.20 bits per heavy atom. The number of rotatable bonds is 6. The zero-order valence-electron chi connectivity index (χ0n) is 9.57. The average molecular weight is 224 g/mol. The lowest BCUT2D eigenvalue weighted by atomic mass is 10.0. The minimum absolute atomic E-state index is 0.286. The van der Waals surface area contributed by atoms with Crippen LogP contribution in [-0.2, 0) is 0 Å². The number of thioether (sulfide) groups is 1. The SMILES string of the molecule is CCCCC(O)c1ccc(SCC)cc1. The van der Waals surface area contributed by atoms with Crippen LogP contribution in [0.4, 0.5) is 0 Å². The van der Waals surface area contributed by atoms with Gasteiger partial charge in [-0.15, -0.1) is 11.8 Å². The van der Waals surface area contributed by atoms with Gasteiger partial charge in [-0.25, -0.2) is 0 Å². The fourth-order valence-corrected chi connectivity index (χ4v) is 2.18. The molecule has 84 valence electrons. The monoisotopic (exact) mass is 224 g/mol. The third-order valence-corrected chi connectivity index (χ3v) is 3.30. The summed E-state index contributed by atoms with van der Waals surface area (Å²) in [6, 6.07) is 8.27. The van der Waals surface area contributed by atoms with E-state index in [1.54, 1.807) is 0 Å². The molecule has 0 aromatic heterocycles. The fourth-order valence-electron chi connectivity index (χ4n) is 1.52. The maximum absolute atomic E-state index is 9.87. The molecule has 1 unspecified atom stereocenters. The van der Waals surface area contributed by atoms with Crippen LogP contribution in [0.2, 0.25) is 0 Å². The van der Waals surface area contributed by atoms with Gasteiger partial charge in [-0.05, 0) is 29.9 Å². The number of hydrogen-bond acceptors (Lipinski definition) is 2. The average Bonchev–Trinajstić information content (AvgIpc) is 2.27. The van der Waals surface area contributed by atoms with E-state index in [2.05, 4.69) is 26.0 Å². The van der Waals surface area contributed by atoms with Crippen LogP contribution in [0.5, 0.6) is 0 Å². The fraction of sp³-hybridized carbons (Fsp3) is 0.538. The zero-order chi connectivity index (χ0) is 11.1. The summed E-state index contributed by atoms with van der Waals surface area (Å²) in [6.45, 7) is 4.29. The first-order chi connectivity index (χ1) is 7.27. The minimum atomic E-state index is -0.286. The molecule has 0 aliphatic heterocycles. The molecule has 0 saturated heterocycles. The molecule has 1 rings (SSSR count). The van der Waals surface area contributed by atoms with Crippen LogP contribution in [0.3, 0.4) is 0 Å². The van der Waals surface area contributed by atoms with Crippen molar-refractivity contribution in [2.75, 3.05) is 5.75 Å². The molecule has 2 heteroatoms. The second-order valence-corrected chi connectivity index (χ2v) is 5.00. The molecule has 0 fully saturated rings. The van der Waals surface area contributed by atoms with Gasteiger partial charge in [0.15, 0.2) is 0 Å². The number of unbranched alkanes of at least 4 members (excludes halogenated alkanes) is 1. The van der Waals surface area contributed by atoms with Gasteiger partial charge in [-0.1, -0.05) is 38.8 Å². The van der Waals surface area contributed by atoms with Crippen molar-refractivity contribution in [1.29, 1.82) is 0 Å². The second-order valence-electron chi connectivity index (χ2n) is 3.66. The van der Waals surface area contributed by atoms with Crippen LogP contribution in [0.25, 0.3) is 0 Å². The molecular formula is C13H20OS. The Labute approximate surface area is 96.9 Å². The summed E-state index contributed by atoms with van der Waals surface area (Å²) >= 11 is 1.83. The van der Waals surface area contributed by atoms with Crippen molar-refractivity contribution < 1.29 is 5.11 Å². The van der Waals surface area contributed by atoms with Gasteiger partial charge in [-0.3, -0.25) is 0 Å². The van der Waals surface area contributed by atoms with Gasteiger partial charge >= 0.3 is 0 Å². The number of benzene rings is 1. The first-order valence-electron chi connectivity index (χ1n) is 5.68. The normalized spacial score (nSPS) is 12.7. The second kappa shape index (κ2) is 6.91. The van der Waals surface area contributed by atoms with E-state index in [9.17, 15) is 5.11 Å². The molecule has 0 heterocycles. The highest BCUT2D eigenvalue weighted by atomic mass is 32.2. The molecule has 1 nitrogen and oxygen atoms in total.